The molecular weight excluding hydrogens is 408 g/mol. The van der Waals surface area contributed by atoms with Crippen LogP contribution in [0.4, 0.5) is 5.82 Å². The molecule has 0 amide bonds. The molecule has 0 aliphatic rings. The van der Waals surface area contributed by atoms with Gasteiger partial charge in [0, 0.05) is 20.6 Å². The molecule has 1 aromatic carbocycles. The van der Waals surface area contributed by atoms with Crippen molar-refractivity contribution in [3.8, 4) is 0 Å². The lowest BCUT2D eigenvalue weighted by atomic mass is 10.1. The van der Waals surface area contributed by atoms with Crippen molar-refractivity contribution in [2.75, 3.05) is 5.73 Å². The molecular formula is C19H22N6O4S. The van der Waals surface area contributed by atoms with Crippen LogP contribution in [-0.4, -0.2) is 34.9 Å². The highest BCUT2D eigenvalue weighted by atomic mass is 32.2. The van der Waals surface area contributed by atoms with E-state index in [9.17, 15) is 19.2 Å². The van der Waals surface area contributed by atoms with E-state index in [-0.39, 0.29) is 17.1 Å². The number of H-pyrrole nitrogens is 1. The highest BCUT2D eigenvalue weighted by molar-refractivity contribution is 8.00. The number of carbonyl (C=O) groups excluding carboxylic acids is 1. The van der Waals surface area contributed by atoms with Gasteiger partial charge in [-0.05, 0) is 18.9 Å². The second-order valence-corrected chi connectivity index (χ2v) is 8.10. The Bertz CT molecular complexity index is 1250. The number of hydrogen-bond acceptors (Lipinski definition) is 7. The number of hydrogen-bond donors (Lipinski definition) is 2. The van der Waals surface area contributed by atoms with Crippen molar-refractivity contribution < 1.29 is 4.79 Å². The van der Waals surface area contributed by atoms with Crippen molar-refractivity contribution >= 4 is 23.4 Å². The molecule has 2 heterocycles. The molecule has 0 saturated heterocycles. The summed E-state index contributed by atoms with van der Waals surface area (Å²) in [7, 11) is 2.67. The minimum Gasteiger partial charge on any atom is -0.384 e. The van der Waals surface area contributed by atoms with Gasteiger partial charge in [0.25, 0.3) is 5.56 Å². The Morgan fingerprint density at radius 3 is 2.50 bits per heavy atom. The van der Waals surface area contributed by atoms with Crippen molar-refractivity contribution in [3.05, 3.63) is 72.8 Å². The van der Waals surface area contributed by atoms with Crippen LogP contribution in [0.5, 0.6) is 0 Å². The molecule has 1 unspecified atom stereocenters. The summed E-state index contributed by atoms with van der Waals surface area (Å²) in [5.41, 5.74) is 4.93. The summed E-state index contributed by atoms with van der Waals surface area (Å²) < 4.78 is 3.34. The Morgan fingerprint density at radius 2 is 1.83 bits per heavy atom. The van der Waals surface area contributed by atoms with Crippen molar-refractivity contribution in [2.24, 2.45) is 14.1 Å². The van der Waals surface area contributed by atoms with Gasteiger partial charge in [0.15, 0.2) is 10.9 Å². The van der Waals surface area contributed by atoms with E-state index in [0.29, 0.717) is 18.1 Å². The van der Waals surface area contributed by atoms with Crippen molar-refractivity contribution in [2.45, 2.75) is 30.3 Å². The van der Waals surface area contributed by atoms with E-state index < -0.39 is 22.3 Å². The van der Waals surface area contributed by atoms with E-state index >= 15 is 0 Å². The van der Waals surface area contributed by atoms with E-state index in [4.69, 9.17) is 5.73 Å². The fraction of sp³-hybridized carbons (Fsp3) is 0.316. The second-order valence-electron chi connectivity index (χ2n) is 6.79. The van der Waals surface area contributed by atoms with Crippen LogP contribution in [0.15, 0.2) is 49.9 Å². The highest BCUT2D eigenvalue weighted by Gasteiger charge is 2.27. The first-order valence-electron chi connectivity index (χ1n) is 9.17. The average Bonchev–Trinajstić information content (AvgIpc) is 3.09. The zero-order valence-corrected chi connectivity index (χ0v) is 17.6. The van der Waals surface area contributed by atoms with Gasteiger partial charge in [0.2, 0.25) is 0 Å². The van der Waals surface area contributed by atoms with E-state index in [0.717, 1.165) is 26.5 Å². The van der Waals surface area contributed by atoms with Crippen LogP contribution in [0.25, 0.3) is 0 Å². The molecule has 0 saturated carbocycles. The quantitative estimate of drug-likeness (QED) is 0.402. The van der Waals surface area contributed by atoms with Crippen LogP contribution in [0.2, 0.25) is 0 Å². The lowest BCUT2D eigenvalue weighted by Crippen LogP contribution is -2.42. The van der Waals surface area contributed by atoms with Gasteiger partial charge in [-0.3, -0.25) is 23.3 Å². The number of anilines is 1. The molecule has 3 aromatic rings. The largest absolute Gasteiger partial charge is 0.384 e. The number of aryl methyl sites for hydroxylation is 1. The number of Topliss-reactive ketones (excluding diaryl/α,β-unsaturated/α-hetero) is 1. The molecule has 3 rings (SSSR count). The van der Waals surface area contributed by atoms with Gasteiger partial charge in [0.1, 0.15) is 11.4 Å². The smallest absolute Gasteiger partial charge is 0.343 e. The van der Waals surface area contributed by atoms with Crippen LogP contribution in [-0.2, 0) is 27.1 Å². The van der Waals surface area contributed by atoms with Gasteiger partial charge in [0.05, 0.1) is 5.25 Å². The zero-order valence-electron chi connectivity index (χ0n) is 16.8. The lowest BCUT2D eigenvalue weighted by molar-refractivity contribution is 0.0992. The average molecular weight is 430 g/mol. The third kappa shape index (κ3) is 4.01. The Labute approximate surface area is 175 Å². The summed E-state index contributed by atoms with van der Waals surface area (Å²) >= 11 is 1.04. The number of aromatic amines is 1. The molecule has 11 heteroatoms. The Balaban J connectivity index is 1.85. The molecule has 10 nitrogen and oxygen atoms in total. The monoisotopic (exact) mass is 430 g/mol. The van der Waals surface area contributed by atoms with Crippen LogP contribution >= 0.6 is 11.8 Å². The van der Waals surface area contributed by atoms with Gasteiger partial charge in [-0.1, -0.05) is 42.1 Å². The number of benzene rings is 1. The summed E-state index contributed by atoms with van der Waals surface area (Å²) in [4.78, 5) is 49.5. The van der Waals surface area contributed by atoms with Gasteiger partial charge in [-0.25, -0.2) is 14.7 Å². The fourth-order valence-corrected chi connectivity index (χ4v) is 3.92. The Kier molecular flexibility index (Phi) is 6.11. The van der Waals surface area contributed by atoms with Crippen LogP contribution in [0.1, 0.15) is 22.8 Å². The highest BCUT2D eigenvalue weighted by Crippen LogP contribution is 2.23. The number of ketones is 1. The molecule has 0 fully saturated rings. The summed E-state index contributed by atoms with van der Waals surface area (Å²) in [5, 5.41) is 5.97. The first-order valence-corrected chi connectivity index (χ1v) is 10.1. The van der Waals surface area contributed by atoms with Gasteiger partial charge in [-0.15, -0.1) is 5.10 Å². The van der Waals surface area contributed by atoms with Crippen LogP contribution in [0, 0.1) is 0 Å². The molecule has 3 N–H and O–H groups in total. The Morgan fingerprint density at radius 1 is 1.17 bits per heavy atom. The number of nitrogens with two attached hydrogens (primary N) is 1. The minimum atomic E-state index is -0.761. The summed E-state index contributed by atoms with van der Waals surface area (Å²) in [6.07, 6.45) is 0.616. The molecule has 30 heavy (non-hydrogen) atoms. The third-order valence-electron chi connectivity index (χ3n) is 4.80. The number of rotatable bonds is 7. The van der Waals surface area contributed by atoms with Crippen molar-refractivity contribution in [1.29, 1.82) is 0 Å². The minimum absolute atomic E-state index is 0.191. The fourth-order valence-electron chi connectivity index (χ4n) is 2.98. The molecule has 2 aromatic heterocycles. The van der Waals surface area contributed by atoms with Crippen LogP contribution in [0.3, 0.4) is 0 Å². The standard InChI is InChI=1S/C19H22N6O4S/c1-11(14(26)13-15(20)23(2)19(29)24(3)16(13)27)30-18-22-21-17(28)25(18)10-9-12-7-5-4-6-8-12/h4-8,11H,9-10,20H2,1-3H3,(H,21,28). The van der Waals surface area contributed by atoms with E-state index in [2.05, 4.69) is 10.2 Å². The predicted octanol–water partition coefficient (Wildman–Crippen LogP) is 0.157. The SMILES string of the molecule is CC(Sc1n[nH]c(=O)n1CCc1ccccc1)C(=O)c1c(N)n(C)c(=O)n(C)c1=O. The maximum atomic E-state index is 12.9. The molecule has 0 bridgehead atoms. The molecule has 0 aliphatic heterocycles. The molecule has 1 atom stereocenters. The number of thioether (sulfide) groups is 1. The Hall–Kier alpha value is -3.34. The van der Waals surface area contributed by atoms with E-state index in [1.54, 1.807) is 6.92 Å². The number of carbonyl (C=O) groups is 1. The molecule has 0 radical (unpaired) electrons. The first kappa shape index (κ1) is 21.4. The van der Waals surface area contributed by atoms with E-state index in [1.165, 1.54) is 18.7 Å². The van der Waals surface area contributed by atoms with E-state index in [1.807, 2.05) is 30.3 Å². The molecule has 158 valence electrons. The maximum absolute atomic E-state index is 12.9. The van der Waals surface area contributed by atoms with Gasteiger partial charge in [-0.2, -0.15) is 0 Å². The topological polar surface area (TPSA) is 138 Å². The maximum Gasteiger partial charge on any atom is 0.343 e. The summed E-state index contributed by atoms with van der Waals surface area (Å²) in [6.45, 7) is 1.98. The zero-order chi connectivity index (χ0) is 22.0. The molecule has 0 aliphatic carbocycles. The van der Waals surface area contributed by atoms with Gasteiger partial charge < -0.3 is 5.73 Å². The predicted molar refractivity (Wildman–Crippen MR) is 114 cm³/mol. The first-order chi connectivity index (χ1) is 14.2. The number of aromatic nitrogens is 5. The second kappa shape index (κ2) is 8.57. The van der Waals surface area contributed by atoms with Crippen molar-refractivity contribution in [1.82, 2.24) is 23.9 Å². The van der Waals surface area contributed by atoms with Crippen LogP contribution < -0.4 is 22.7 Å². The molecule has 0 spiro atoms. The lowest BCUT2D eigenvalue weighted by Gasteiger charge is -2.14. The number of nitrogens with zero attached hydrogens (tertiary/aromatic N) is 4. The van der Waals surface area contributed by atoms with Crippen molar-refractivity contribution in [3.63, 3.8) is 0 Å². The number of nitrogen functional groups attached to an aromatic ring is 1. The van der Waals surface area contributed by atoms with Gasteiger partial charge >= 0.3 is 11.4 Å². The summed E-state index contributed by atoms with van der Waals surface area (Å²) in [6, 6.07) is 9.67. The third-order valence-corrected chi connectivity index (χ3v) is 5.89. The normalized spacial score (nSPS) is 12.1. The number of nitrogens with one attached hydrogen (secondary N) is 1. The summed E-state index contributed by atoms with van der Waals surface area (Å²) in [5.74, 6) is -0.734.